The summed E-state index contributed by atoms with van der Waals surface area (Å²) >= 11 is 0. The summed E-state index contributed by atoms with van der Waals surface area (Å²) in [5, 5.41) is 2.76. The first kappa shape index (κ1) is 16.1. The number of amides is 3. The first-order chi connectivity index (χ1) is 12.5. The van der Waals surface area contributed by atoms with Gasteiger partial charge >= 0.3 is 0 Å². The molecule has 0 aliphatic carbocycles. The van der Waals surface area contributed by atoms with E-state index in [9.17, 15) is 14.4 Å². The zero-order valence-corrected chi connectivity index (χ0v) is 14.1. The van der Waals surface area contributed by atoms with Gasteiger partial charge in [0.25, 0.3) is 11.8 Å². The molecule has 132 valence electrons. The fourth-order valence-electron chi connectivity index (χ4n) is 3.03. The molecule has 2 aromatic carbocycles. The molecule has 0 spiro atoms. The second-order valence-electron chi connectivity index (χ2n) is 6.13. The molecule has 0 saturated carbocycles. The first-order valence-electron chi connectivity index (χ1n) is 8.18. The first-order valence-corrected chi connectivity index (χ1v) is 8.18. The highest BCUT2D eigenvalue weighted by Crippen LogP contribution is 2.31. The molecule has 26 heavy (non-hydrogen) atoms. The number of carbonyl (C=O) groups is 3. The SMILES string of the molecule is CN1C(=O)c2ccc(NC(=O)Cc3ccc4c(c3)OCCO4)cc2C1=O. The number of nitrogens with one attached hydrogen (secondary N) is 1. The van der Waals surface area contributed by atoms with Crippen LogP contribution in [0.5, 0.6) is 11.5 Å². The van der Waals surface area contributed by atoms with Gasteiger partial charge in [-0.15, -0.1) is 0 Å². The number of fused-ring (bicyclic) bond motifs is 2. The van der Waals surface area contributed by atoms with Crippen LogP contribution >= 0.6 is 0 Å². The fraction of sp³-hybridized carbons (Fsp3) is 0.211. The van der Waals surface area contributed by atoms with Crippen LogP contribution in [-0.2, 0) is 11.2 Å². The standard InChI is InChI=1S/C19H16N2O5/c1-21-18(23)13-4-3-12(10-14(13)19(21)24)20-17(22)9-11-2-5-15-16(8-11)26-7-6-25-15/h2-5,8,10H,6-7,9H2,1H3,(H,20,22). The highest BCUT2D eigenvalue weighted by atomic mass is 16.6. The number of ether oxygens (including phenoxy) is 2. The van der Waals surface area contributed by atoms with Gasteiger partial charge in [0.15, 0.2) is 11.5 Å². The Morgan fingerprint density at radius 1 is 1.00 bits per heavy atom. The van der Waals surface area contributed by atoms with Gasteiger partial charge in [0, 0.05) is 12.7 Å². The molecule has 0 bridgehead atoms. The maximum absolute atomic E-state index is 12.3. The third kappa shape index (κ3) is 2.77. The van der Waals surface area contributed by atoms with Crippen molar-refractivity contribution >= 4 is 23.4 Å². The average molecular weight is 352 g/mol. The Hall–Kier alpha value is -3.35. The number of carbonyl (C=O) groups excluding carboxylic acids is 3. The molecule has 0 saturated heterocycles. The fourth-order valence-corrected chi connectivity index (χ4v) is 3.03. The number of imide groups is 1. The van der Waals surface area contributed by atoms with E-state index in [4.69, 9.17) is 9.47 Å². The van der Waals surface area contributed by atoms with Crippen LogP contribution in [0.3, 0.4) is 0 Å². The molecule has 3 amide bonds. The van der Waals surface area contributed by atoms with Crippen molar-refractivity contribution < 1.29 is 23.9 Å². The molecule has 2 aliphatic rings. The summed E-state index contributed by atoms with van der Waals surface area (Å²) in [5.41, 5.74) is 1.92. The monoisotopic (exact) mass is 352 g/mol. The summed E-state index contributed by atoms with van der Waals surface area (Å²) in [6.07, 6.45) is 0.153. The van der Waals surface area contributed by atoms with Crippen LogP contribution in [0.25, 0.3) is 0 Å². The lowest BCUT2D eigenvalue weighted by atomic mass is 10.1. The van der Waals surface area contributed by atoms with E-state index < -0.39 is 0 Å². The van der Waals surface area contributed by atoms with Gasteiger partial charge in [-0.2, -0.15) is 0 Å². The van der Waals surface area contributed by atoms with Crippen LogP contribution in [0, 0.1) is 0 Å². The van der Waals surface area contributed by atoms with E-state index >= 15 is 0 Å². The van der Waals surface area contributed by atoms with Crippen LogP contribution in [0.1, 0.15) is 26.3 Å². The summed E-state index contributed by atoms with van der Waals surface area (Å²) in [6.45, 7) is 1.00. The Morgan fingerprint density at radius 3 is 2.54 bits per heavy atom. The minimum absolute atomic E-state index is 0.153. The molecule has 1 N–H and O–H groups in total. The van der Waals surface area contributed by atoms with Crippen LogP contribution in [0.2, 0.25) is 0 Å². The summed E-state index contributed by atoms with van der Waals surface area (Å²) < 4.78 is 11.0. The number of rotatable bonds is 3. The van der Waals surface area contributed by atoms with Crippen molar-refractivity contribution in [3.05, 3.63) is 53.1 Å². The van der Waals surface area contributed by atoms with E-state index in [1.807, 2.05) is 6.07 Å². The molecule has 0 fully saturated rings. The average Bonchev–Trinajstić information content (AvgIpc) is 2.85. The van der Waals surface area contributed by atoms with Gasteiger partial charge in [-0.1, -0.05) is 6.07 Å². The lowest BCUT2D eigenvalue weighted by molar-refractivity contribution is -0.115. The third-order valence-corrected chi connectivity index (χ3v) is 4.34. The van der Waals surface area contributed by atoms with Gasteiger partial charge in [0.05, 0.1) is 17.5 Å². The Balaban J connectivity index is 1.48. The van der Waals surface area contributed by atoms with Crippen LogP contribution in [-0.4, -0.2) is 42.9 Å². The van der Waals surface area contributed by atoms with E-state index in [1.165, 1.54) is 13.1 Å². The number of hydrogen-bond acceptors (Lipinski definition) is 5. The van der Waals surface area contributed by atoms with Crippen molar-refractivity contribution in [1.29, 1.82) is 0 Å². The summed E-state index contributed by atoms with van der Waals surface area (Å²) in [7, 11) is 1.44. The molecular weight excluding hydrogens is 336 g/mol. The molecule has 0 aromatic heterocycles. The van der Waals surface area contributed by atoms with E-state index in [0.717, 1.165) is 10.5 Å². The van der Waals surface area contributed by atoms with Crippen LogP contribution < -0.4 is 14.8 Å². The van der Waals surface area contributed by atoms with Gasteiger partial charge in [0.2, 0.25) is 5.91 Å². The lowest BCUT2D eigenvalue weighted by Gasteiger charge is -2.18. The number of hydrogen-bond donors (Lipinski definition) is 1. The maximum Gasteiger partial charge on any atom is 0.261 e. The second-order valence-corrected chi connectivity index (χ2v) is 6.13. The zero-order valence-electron chi connectivity index (χ0n) is 14.1. The van der Waals surface area contributed by atoms with Gasteiger partial charge in [-0.3, -0.25) is 19.3 Å². The number of benzene rings is 2. The molecule has 0 radical (unpaired) electrons. The van der Waals surface area contributed by atoms with Crippen molar-refractivity contribution in [3.8, 4) is 11.5 Å². The van der Waals surface area contributed by atoms with Crippen molar-refractivity contribution in [1.82, 2.24) is 4.90 Å². The second kappa shape index (κ2) is 6.18. The van der Waals surface area contributed by atoms with Gasteiger partial charge in [0.1, 0.15) is 13.2 Å². The van der Waals surface area contributed by atoms with Gasteiger partial charge < -0.3 is 14.8 Å². The number of nitrogens with zero attached hydrogens (tertiary/aromatic N) is 1. The molecule has 2 heterocycles. The Bertz CT molecular complexity index is 938. The Morgan fingerprint density at radius 2 is 1.73 bits per heavy atom. The summed E-state index contributed by atoms with van der Waals surface area (Å²) in [5.74, 6) is 0.372. The third-order valence-electron chi connectivity index (χ3n) is 4.34. The van der Waals surface area contributed by atoms with Crippen molar-refractivity contribution in [2.45, 2.75) is 6.42 Å². The van der Waals surface area contributed by atoms with E-state index in [0.29, 0.717) is 41.5 Å². The Labute approximate surface area is 149 Å². The van der Waals surface area contributed by atoms with E-state index in [1.54, 1.807) is 24.3 Å². The van der Waals surface area contributed by atoms with E-state index in [-0.39, 0.29) is 24.1 Å². The van der Waals surface area contributed by atoms with E-state index in [2.05, 4.69) is 5.32 Å². The summed E-state index contributed by atoms with van der Waals surface area (Å²) in [6, 6.07) is 10.1. The molecular formula is C19H16N2O5. The largest absolute Gasteiger partial charge is 0.486 e. The Kier molecular flexibility index (Phi) is 3.84. The van der Waals surface area contributed by atoms with Crippen molar-refractivity contribution in [2.75, 3.05) is 25.6 Å². The van der Waals surface area contributed by atoms with Crippen LogP contribution in [0.15, 0.2) is 36.4 Å². The zero-order chi connectivity index (χ0) is 18.3. The predicted octanol–water partition coefficient (Wildman–Crippen LogP) is 1.86. The highest BCUT2D eigenvalue weighted by molar-refractivity contribution is 6.21. The minimum atomic E-state index is -0.368. The van der Waals surface area contributed by atoms with Gasteiger partial charge in [-0.05, 0) is 35.9 Å². The predicted molar refractivity (Wildman–Crippen MR) is 92.6 cm³/mol. The summed E-state index contributed by atoms with van der Waals surface area (Å²) in [4.78, 5) is 37.3. The van der Waals surface area contributed by atoms with Crippen molar-refractivity contribution in [3.63, 3.8) is 0 Å². The maximum atomic E-state index is 12.3. The van der Waals surface area contributed by atoms with Crippen LogP contribution in [0.4, 0.5) is 5.69 Å². The van der Waals surface area contributed by atoms with Crippen molar-refractivity contribution in [2.24, 2.45) is 0 Å². The molecule has 7 heteroatoms. The van der Waals surface area contributed by atoms with Gasteiger partial charge in [-0.25, -0.2) is 0 Å². The molecule has 0 unspecified atom stereocenters. The normalized spacial score (nSPS) is 15.0. The topological polar surface area (TPSA) is 84.9 Å². The smallest absolute Gasteiger partial charge is 0.261 e. The number of anilines is 1. The molecule has 2 aliphatic heterocycles. The minimum Gasteiger partial charge on any atom is -0.486 e. The molecule has 4 rings (SSSR count). The molecule has 2 aromatic rings. The molecule has 7 nitrogen and oxygen atoms in total. The quantitative estimate of drug-likeness (QED) is 0.853. The lowest BCUT2D eigenvalue weighted by Crippen LogP contribution is -2.24. The highest BCUT2D eigenvalue weighted by Gasteiger charge is 2.32. The molecule has 0 atom stereocenters.